The predicted octanol–water partition coefficient (Wildman–Crippen LogP) is 4.18. The van der Waals surface area contributed by atoms with Crippen LogP contribution < -0.4 is 5.32 Å². The molecule has 0 bridgehead atoms. The zero-order chi connectivity index (χ0) is 14.5. The van der Waals surface area contributed by atoms with Crippen LogP contribution in [-0.2, 0) is 13.1 Å². The van der Waals surface area contributed by atoms with Crippen molar-refractivity contribution in [2.75, 3.05) is 13.6 Å². The van der Waals surface area contributed by atoms with Gasteiger partial charge in [0.1, 0.15) is 0 Å². The summed E-state index contributed by atoms with van der Waals surface area (Å²) in [5.74, 6) is 0.945. The Morgan fingerprint density at radius 3 is 2.70 bits per heavy atom. The molecule has 2 rings (SSSR count). The van der Waals surface area contributed by atoms with Gasteiger partial charge in [0, 0.05) is 35.4 Å². The summed E-state index contributed by atoms with van der Waals surface area (Å²) in [5, 5.41) is 3.51. The van der Waals surface area contributed by atoms with E-state index in [2.05, 4.69) is 44.1 Å². The second-order valence-corrected chi connectivity index (χ2v) is 8.02. The smallest absolute Gasteiger partial charge is 0.0302 e. The molecule has 0 spiro atoms. The number of nitrogens with zero attached hydrogens (tertiary/aromatic N) is 1. The number of aryl methyl sites for hydroxylation is 1. The fourth-order valence-corrected chi connectivity index (χ4v) is 4.13. The number of hydrogen-bond acceptors (Lipinski definition) is 3. The lowest BCUT2D eigenvalue weighted by Gasteiger charge is -2.20. The van der Waals surface area contributed by atoms with Gasteiger partial charge in [-0.25, -0.2) is 0 Å². The largest absolute Gasteiger partial charge is 0.310 e. The van der Waals surface area contributed by atoms with E-state index in [1.807, 2.05) is 11.3 Å². The van der Waals surface area contributed by atoms with Crippen LogP contribution >= 0.6 is 11.3 Å². The quantitative estimate of drug-likeness (QED) is 0.811. The Morgan fingerprint density at radius 2 is 2.05 bits per heavy atom. The number of rotatable bonds is 7. The van der Waals surface area contributed by atoms with Crippen molar-refractivity contribution >= 4 is 11.3 Å². The molecule has 0 saturated heterocycles. The molecule has 0 amide bonds. The minimum absolute atomic E-state index is 0.561. The highest BCUT2D eigenvalue weighted by Crippen LogP contribution is 2.27. The van der Waals surface area contributed by atoms with E-state index in [0.29, 0.717) is 6.04 Å². The highest BCUT2D eigenvalue weighted by molar-refractivity contribution is 7.12. The van der Waals surface area contributed by atoms with Gasteiger partial charge in [-0.05, 0) is 44.4 Å². The first-order valence-corrected chi connectivity index (χ1v) is 8.86. The maximum Gasteiger partial charge on any atom is 0.0302 e. The van der Waals surface area contributed by atoms with Crippen molar-refractivity contribution in [3.63, 3.8) is 0 Å². The molecule has 1 heterocycles. The molecule has 2 nitrogen and oxygen atoms in total. The van der Waals surface area contributed by atoms with Crippen LogP contribution in [0.1, 0.15) is 54.8 Å². The van der Waals surface area contributed by atoms with E-state index in [9.17, 15) is 0 Å². The maximum atomic E-state index is 3.51. The van der Waals surface area contributed by atoms with Crippen LogP contribution in [-0.4, -0.2) is 24.5 Å². The summed E-state index contributed by atoms with van der Waals surface area (Å²) < 4.78 is 0. The lowest BCUT2D eigenvalue weighted by atomic mass is 10.1. The van der Waals surface area contributed by atoms with Gasteiger partial charge in [0.25, 0.3) is 0 Å². The third-order valence-electron chi connectivity index (χ3n) is 4.24. The van der Waals surface area contributed by atoms with E-state index < -0.39 is 0 Å². The Hall–Kier alpha value is -0.380. The summed E-state index contributed by atoms with van der Waals surface area (Å²) in [7, 11) is 2.28. The molecule has 1 aromatic rings. The normalized spacial score (nSPS) is 16.7. The molecule has 1 saturated carbocycles. The zero-order valence-corrected chi connectivity index (χ0v) is 14.4. The topological polar surface area (TPSA) is 15.3 Å². The van der Waals surface area contributed by atoms with Crippen molar-refractivity contribution in [3.05, 3.63) is 21.4 Å². The lowest BCUT2D eigenvalue weighted by Crippen LogP contribution is -2.24. The van der Waals surface area contributed by atoms with Crippen molar-refractivity contribution in [1.29, 1.82) is 0 Å². The van der Waals surface area contributed by atoms with E-state index in [0.717, 1.165) is 19.0 Å². The van der Waals surface area contributed by atoms with Crippen LogP contribution in [0.2, 0.25) is 0 Å². The number of thiophene rings is 1. The molecule has 1 aromatic heterocycles. The molecule has 0 unspecified atom stereocenters. The molecule has 0 aliphatic heterocycles. The first kappa shape index (κ1) is 16.0. The fraction of sp³-hybridized carbons (Fsp3) is 0.765. The summed E-state index contributed by atoms with van der Waals surface area (Å²) in [6, 6.07) is 2.96. The fourth-order valence-electron chi connectivity index (χ4n) is 3.13. The monoisotopic (exact) mass is 294 g/mol. The van der Waals surface area contributed by atoms with Crippen LogP contribution in [0.25, 0.3) is 0 Å². The van der Waals surface area contributed by atoms with Gasteiger partial charge in [-0.3, -0.25) is 0 Å². The molecule has 0 radical (unpaired) electrons. The van der Waals surface area contributed by atoms with Crippen LogP contribution in [0, 0.1) is 12.8 Å². The van der Waals surface area contributed by atoms with Crippen LogP contribution in [0.5, 0.6) is 0 Å². The summed E-state index contributed by atoms with van der Waals surface area (Å²) in [5.41, 5.74) is 1.52. The van der Waals surface area contributed by atoms with Crippen molar-refractivity contribution in [3.8, 4) is 0 Å². The molecule has 1 aliphatic carbocycles. The Kier molecular flexibility index (Phi) is 6.06. The standard InChI is InChI=1S/C17H30N2S/c1-13(2)18-10-17-9-16(14(3)20-17)12-19(4)11-15-7-5-6-8-15/h9,13,15,18H,5-8,10-12H2,1-4H3. The van der Waals surface area contributed by atoms with Crippen LogP contribution in [0.3, 0.4) is 0 Å². The van der Waals surface area contributed by atoms with Gasteiger partial charge in [-0.2, -0.15) is 0 Å². The van der Waals surface area contributed by atoms with Crippen molar-refractivity contribution in [2.24, 2.45) is 5.92 Å². The third kappa shape index (κ3) is 4.87. The van der Waals surface area contributed by atoms with Crippen molar-refractivity contribution in [2.45, 2.75) is 65.6 Å². The van der Waals surface area contributed by atoms with Gasteiger partial charge in [0.05, 0.1) is 0 Å². The van der Waals surface area contributed by atoms with Crippen molar-refractivity contribution < 1.29 is 0 Å². The van der Waals surface area contributed by atoms with E-state index in [-0.39, 0.29) is 0 Å². The molecular formula is C17H30N2S. The molecule has 20 heavy (non-hydrogen) atoms. The molecule has 1 aliphatic rings. The highest BCUT2D eigenvalue weighted by atomic mass is 32.1. The minimum atomic E-state index is 0.561. The summed E-state index contributed by atoms with van der Waals surface area (Å²) in [6.07, 6.45) is 5.77. The number of nitrogens with one attached hydrogen (secondary N) is 1. The van der Waals surface area contributed by atoms with E-state index >= 15 is 0 Å². The van der Waals surface area contributed by atoms with Crippen molar-refractivity contribution in [1.82, 2.24) is 10.2 Å². The molecule has 3 heteroatoms. The third-order valence-corrected chi connectivity index (χ3v) is 5.33. The van der Waals surface area contributed by atoms with Crippen LogP contribution in [0.15, 0.2) is 6.07 Å². The lowest BCUT2D eigenvalue weighted by molar-refractivity contribution is 0.271. The van der Waals surface area contributed by atoms with Gasteiger partial charge < -0.3 is 10.2 Å². The maximum absolute atomic E-state index is 3.51. The van der Waals surface area contributed by atoms with E-state index in [4.69, 9.17) is 0 Å². The van der Waals surface area contributed by atoms with Gasteiger partial charge in [0.2, 0.25) is 0 Å². The number of hydrogen-bond donors (Lipinski definition) is 1. The second-order valence-electron chi connectivity index (χ2n) is 6.68. The first-order valence-electron chi connectivity index (χ1n) is 8.04. The van der Waals surface area contributed by atoms with Gasteiger partial charge in [0.15, 0.2) is 0 Å². The van der Waals surface area contributed by atoms with Gasteiger partial charge >= 0.3 is 0 Å². The SMILES string of the molecule is Cc1sc(CNC(C)C)cc1CN(C)CC1CCCC1. The molecule has 0 aromatic carbocycles. The van der Waals surface area contributed by atoms with Gasteiger partial charge in [-0.1, -0.05) is 26.7 Å². The van der Waals surface area contributed by atoms with Gasteiger partial charge in [-0.15, -0.1) is 11.3 Å². The summed E-state index contributed by atoms with van der Waals surface area (Å²) >= 11 is 1.95. The molecule has 0 atom stereocenters. The minimum Gasteiger partial charge on any atom is -0.310 e. The zero-order valence-electron chi connectivity index (χ0n) is 13.5. The molecule has 114 valence electrons. The first-order chi connectivity index (χ1) is 9.54. The molecule has 1 N–H and O–H groups in total. The summed E-state index contributed by atoms with van der Waals surface area (Å²) in [4.78, 5) is 5.48. The highest BCUT2D eigenvalue weighted by Gasteiger charge is 2.17. The Balaban J connectivity index is 1.84. The Morgan fingerprint density at radius 1 is 1.35 bits per heavy atom. The average molecular weight is 295 g/mol. The predicted molar refractivity (Wildman–Crippen MR) is 89.3 cm³/mol. The molecular weight excluding hydrogens is 264 g/mol. The second kappa shape index (κ2) is 7.58. The van der Waals surface area contributed by atoms with Crippen LogP contribution in [0.4, 0.5) is 0 Å². The molecule has 1 fully saturated rings. The average Bonchev–Trinajstić information content (AvgIpc) is 2.98. The van der Waals surface area contributed by atoms with E-state index in [1.165, 1.54) is 47.5 Å². The Labute approximate surface area is 128 Å². The Bertz CT molecular complexity index is 405. The van der Waals surface area contributed by atoms with E-state index in [1.54, 1.807) is 0 Å². The summed E-state index contributed by atoms with van der Waals surface area (Å²) in [6.45, 7) is 10.1.